The first kappa shape index (κ1) is 30.1. The second-order valence-electron chi connectivity index (χ2n) is 14.6. The molecular weight excluding hydrogens is 667 g/mol. The van der Waals surface area contributed by atoms with Gasteiger partial charge in [0.05, 0.1) is 16.6 Å². The number of hydrogen-bond donors (Lipinski definition) is 0. The first-order valence-corrected chi connectivity index (χ1v) is 18.8. The zero-order chi connectivity index (χ0) is 36.0. The highest BCUT2D eigenvalue weighted by Crippen LogP contribution is 2.46. The SMILES string of the molecule is c1ccc2cc(-c3c4ccccc4c(-c4ccc5ccccc5c4)c4cc(-c5ccc6c(c5)c5cccnc5c5nc7ccccc7n65)ccc34)ccc2c1. The highest BCUT2D eigenvalue weighted by atomic mass is 15.0. The Morgan fingerprint density at radius 2 is 0.891 bits per heavy atom. The van der Waals surface area contributed by atoms with E-state index in [0.717, 1.165) is 44.0 Å². The van der Waals surface area contributed by atoms with E-state index < -0.39 is 0 Å². The fourth-order valence-electron chi connectivity index (χ4n) is 9.03. The average Bonchev–Trinajstić information content (AvgIpc) is 3.65. The lowest BCUT2D eigenvalue weighted by Gasteiger charge is -2.19. The van der Waals surface area contributed by atoms with Gasteiger partial charge >= 0.3 is 0 Å². The molecule has 3 heteroatoms. The number of imidazole rings is 1. The van der Waals surface area contributed by atoms with Crippen LogP contribution in [0.3, 0.4) is 0 Å². The fraction of sp³-hybridized carbons (Fsp3) is 0. The van der Waals surface area contributed by atoms with Crippen LogP contribution in [0.15, 0.2) is 188 Å². The molecule has 0 aliphatic carbocycles. The molecule has 0 radical (unpaired) electrons. The molecule has 0 unspecified atom stereocenters. The standard InChI is InChI=1S/C52H31N3/c1-3-12-34-28-38(21-19-32(34)10-1)49-40-14-5-6-15-41(40)50(39-22-20-33-11-2-4-13-35(33)29-39)45-31-36(23-25-42(45)49)37-24-26-47-44(30-37)43-16-9-27-53-51(43)52-54-46-17-7-8-18-48(46)55(47)52/h1-31H. The van der Waals surface area contributed by atoms with Gasteiger partial charge in [-0.1, -0.05) is 133 Å². The second kappa shape index (κ2) is 11.6. The molecule has 55 heavy (non-hydrogen) atoms. The maximum Gasteiger partial charge on any atom is 0.165 e. The van der Waals surface area contributed by atoms with E-state index in [0.29, 0.717) is 0 Å². The summed E-state index contributed by atoms with van der Waals surface area (Å²) in [7, 11) is 0. The van der Waals surface area contributed by atoms with Crippen LogP contribution in [0, 0.1) is 0 Å². The van der Waals surface area contributed by atoms with Crippen molar-refractivity contribution in [2.75, 3.05) is 0 Å². The molecule has 12 rings (SSSR count). The van der Waals surface area contributed by atoms with Gasteiger partial charge in [0.1, 0.15) is 5.52 Å². The molecule has 0 atom stereocenters. The number of para-hydroxylation sites is 2. The van der Waals surface area contributed by atoms with Crippen LogP contribution in [0.2, 0.25) is 0 Å². The summed E-state index contributed by atoms with van der Waals surface area (Å²) in [6.45, 7) is 0. The minimum Gasteiger partial charge on any atom is -0.290 e. The average molecular weight is 698 g/mol. The van der Waals surface area contributed by atoms with Crippen LogP contribution < -0.4 is 0 Å². The minimum atomic E-state index is 0.885. The maximum atomic E-state index is 5.04. The van der Waals surface area contributed by atoms with Crippen molar-refractivity contribution in [1.29, 1.82) is 0 Å². The van der Waals surface area contributed by atoms with Crippen molar-refractivity contribution < 1.29 is 0 Å². The van der Waals surface area contributed by atoms with Crippen LogP contribution in [0.1, 0.15) is 0 Å². The molecule has 0 aliphatic heterocycles. The van der Waals surface area contributed by atoms with Gasteiger partial charge in [0.15, 0.2) is 5.65 Å². The molecule has 0 amide bonds. The van der Waals surface area contributed by atoms with E-state index in [1.165, 1.54) is 70.9 Å². The molecule has 0 spiro atoms. The Morgan fingerprint density at radius 1 is 0.345 bits per heavy atom. The summed E-state index contributed by atoms with van der Waals surface area (Å²) in [6.07, 6.45) is 1.87. The first-order chi connectivity index (χ1) is 27.3. The highest BCUT2D eigenvalue weighted by Gasteiger charge is 2.19. The number of hydrogen-bond acceptors (Lipinski definition) is 2. The summed E-state index contributed by atoms with van der Waals surface area (Å²) >= 11 is 0. The Hall–Kier alpha value is -7.36. The van der Waals surface area contributed by atoms with Crippen LogP contribution in [0.4, 0.5) is 0 Å². The molecule has 0 aliphatic rings. The monoisotopic (exact) mass is 697 g/mol. The minimum absolute atomic E-state index is 0.885. The van der Waals surface area contributed by atoms with E-state index in [1.807, 2.05) is 18.3 Å². The van der Waals surface area contributed by atoms with Gasteiger partial charge in [0, 0.05) is 17.0 Å². The fourth-order valence-corrected chi connectivity index (χ4v) is 9.03. The number of nitrogens with zero attached hydrogens (tertiary/aromatic N) is 3. The van der Waals surface area contributed by atoms with Crippen LogP contribution in [0.5, 0.6) is 0 Å². The zero-order valence-electron chi connectivity index (χ0n) is 29.7. The molecule has 0 saturated carbocycles. The summed E-state index contributed by atoms with van der Waals surface area (Å²) in [6, 6.07) is 66.5. The van der Waals surface area contributed by atoms with Crippen LogP contribution in [-0.4, -0.2) is 14.4 Å². The summed E-state index contributed by atoms with van der Waals surface area (Å²) in [5.74, 6) is 0. The van der Waals surface area contributed by atoms with Crippen molar-refractivity contribution in [3.8, 4) is 33.4 Å². The Balaban J connectivity index is 1.17. The number of pyridine rings is 2. The molecule has 3 heterocycles. The number of fused-ring (bicyclic) bond motifs is 12. The van der Waals surface area contributed by atoms with E-state index in [-0.39, 0.29) is 0 Å². The van der Waals surface area contributed by atoms with Crippen molar-refractivity contribution in [1.82, 2.24) is 14.4 Å². The third kappa shape index (κ3) is 4.50. The predicted octanol–water partition coefficient (Wildman–Crippen LogP) is 13.8. The molecule has 3 aromatic heterocycles. The van der Waals surface area contributed by atoms with Crippen molar-refractivity contribution in [2.24, 2.45) is 0 Å². The van der Waals surface area contributed by atoms with Gasteiger partial charge in [-0.25, -0.2) is 4.98 Å². The van der Waals surface area contributed by atoms with Crippen LogP contribution in [0.25, 0.3) is 115 Å². The van der Waals surface area contributed by atoms with Gasteiger partial charge in [-0.15, -0.1) is 0 Å². The lowest BCUT2D eigenvalue weighted by molar-refractivity contribution is 1.29. The van der Waals surface area contributed by atoms with Crippen molar-refractivity contribution in [3.63, 3.8) is 0 Å². The Morgan fingerprint density at radius 3 is 1.62 bits per heavy atom. The van der Waals surface area contributed by atoms with E-state index in [2.05, 4.69) is 174 Å². The number of benzene rings is 9. The van der Waals surface area contributed by atoms with E-state index in [9.17, 15) is 0 Å². The summed E-state index contributed by atoms with van der Waals surface area (Å²) < 4.78 is 2.27. The molecule has 254 valence electrons. The Bertz CT molecular complexity index is 3560. The second-order valence-corrected chi connectivity index (χ2v) is 14.6. The Labute approximate surface area is 316 Å². The lowest BCUT2D eigenvalue weighted by Crippen LogP contribution is -1.94. The van der Waals surface area contributed by atoms with E-state index in [1.54, 1.807) is 0 Å². The predicted molar refractivity (Wildman–Crippen MR) is 232 cm³/mol. The maximum absolute atomic E-state index is 5.04. The van der Waals surface area contributed by atoms with Crippen LogP contribution >= 0.6 is 0 Å². The molecule has 12 aromatic rings. The third-order valence-electron chi connectivity index (χ3n) is 11.5. The summed E-state index contributed by atoms with van der Waals surface area (Å²) in [5.41, 5.74) is 12.3. The largest absolute Gasteiger partial charge is 0.290 e. The summed E-state index contributed by atoms with van der Waals surface area (Å²) in [4.78, 5) is 9.91. The molecule has 0 bridgehead atoms. The van der Waals surface area contributed by atoms with Gasteiger partial charge in [-0.2, -0.15) is 0 Å². The number of rotatable bonds is 3. The normalized spacial score (nSPS) is 12.0. The first-order valence-electron chi connectivity index (χ1n) is 18.8. The van der Waals surface area contributed by atoms with Crippen molar-refractivity contribution in [3.05, 3.63) is 188 Å². The molecule has 0 saturated heterocycles. The Kier molecular flexibility index (Phi) is 6.34. The van der Waals surface area contributed by atoms with Gasteiger partial charge in [-0.3, -0.25) is 9.38 Å². The summed E-state index contributed by atoms with van der Waals surface area (Å²) in [5, 5.41) is 12.2. The molecule has 0 N–H and O–H groups in total. The zero-order valence-corrected chi connectivity index (χ0v) is 29.7. The van der Waals surface area contributed by atoms with E-state index >= 15 is 0 Å². The molecule has 0 fully saturated rings. The van der Waals surface area contributed by atoms with Crippen molar-refractivity contribution >= 4 is 81.6 Å². The number of aromatic nitrogens is 3. The van der Waals surface area contributed by atoms with Gasteiger partial charge in [0.25, 0.3) is 0 Å². The van der Waals surface area contributed by atoms with E-state index in [4.69, 9.17) is 9.97 Å². The lowest BCUT2D eigenvalue weighted by atomic mass is 9.84. The topological polar surface area (TPSA) is 30.2 Å². The molecule has 9 aromatic carbocycles. The third-order valence-corrected chi connectivity index (χ3v) is 11.5. The molecule has 3 nitrogen and oxygen atoms in total. The van der Waals surface area contributed by atoms with Gasteiger partial charge in [0.2, 0.25) is 0 Å². The van der Waals surface area contributed by atoms with Crippen LogP contribution in [-0.2, 0) is 0 Å². The quantitative estimate of drug-likeness (QED) is 0.136. The van der Waals surface area contributed by atoms with Gasteiger partial charge in [-0.05, 0) is 125 Å². The highest BCUT2D eigenvalue weighted by molar-refractivity contribution is 6.23. The smallest absolute Gasteiger partial charge is 0.165 e. The van der Waals surface area contributed by atoms with Gasteiger partial charge < -0.3 is 0 Å². The molecular formula is C52H31N3. The van der Waals surface area contributed by atoms with Crippen molar-refractivity contribution in [2.45, 2.75) is 0 Å².